The molecule has 4 rings (SSSR count). The molecular formula is C14H17N5. The number of anilines is 1. The van der Waals surface area contributed by atoms with E-state index in [4.69, 9.17) is 0 Å². The molecule has 0 aromatic carbocycles. The summed E-state index contributed by atoms with van der Waals surface area (Å²) < 4.78 is 0. The van der Waals surface area contributed by atoms with Crippen molar-refractivity contribution in [1.82, 2.24) is 19.9 Å². The van der Waals surface area contributed by atoms with Crippen molar-refractivity contribution in [3.8, 4) is 0 Å². The topological polar surface area (TPSA) is 45.2 Å². The minimum atomic E-state index is 0.700. The SMILES string of the molecule is c1cc2nc(N3CCN4CCCC4C3)ncc2cn1. The Balaban J connectivity index is 1.63. The maximum atomic E-state index is 4.67. The van der Waals surface area contributed by atoms with Crippen molar-refractivity contribution in [1.29, 1.82) is 0 Å². The molecule has 0 saturated carbocycles. The van der Waals surface area contributed by atoms with Crippen LogP contribution in [0.4, 0.5) is 5.95 Å². The van der Waals surface area contributed by atoms with Crippen molar-refractivity contribution >= 4 is 16.9 Å². The molecule has 0 spiro atoms. The van der Waals surface area contributed by atoms with Crippen LogP contribution in [-0.2, 0) is 0 Å². The summed E-state index contributed by atoms with van der Waals surface area (Å²) in [6.07, 6.45) is 8.13. The van der Waals surface area contributed by atoms with Gasteiger partial charge in [0.1, 0.15) is 0 Å². The molecule has 0 amide bonds. The highest BCUT2D eigenvalue weighted by Crippen LogP contribution is 2.24. The van der Waals surface area contributed by atoms with Gasteiger partial charge < -0.3 is 4.90 Å². The van der Waals surface area contributed by atoms with Gasteiger partial charge in [0.15, 0.2) is 0 Å². The second-order valence-electron chi connectivity index (χ2n) is 5.38. The first kappa shape index (κ1) is 11.1. The predicted octanol–water partition coefficient (Wildman–Crippen LogP) is 1.31. The Morgan fingerprint density at radius 3 is 3.16 bits per heavy atom. The maximum Gasteiger partial charge on any atom is 0.225 e. The average Bonchev–Trinajstić information content (AvgIpc) is 2.94. The van der Waals surface area contributed by atoms with E-state index in [0.717, 1.165) is 36.5 Å². The molecule has 0 bridgehead atoms. The van der Waals surface area contributed by atoms with Gasteiger partial charge in [0, 0.05) is 49.7 Å². The van der Waals surface area contributed by atoms with Crippen molar-refractivity contribution in [2.75, 3.05) is 31.1 Å². The monoisotopic (exact) mass is 255 g/mol. The number of piperazine rings is 1. The molecule has 0 radical (unpaired) electrons. The minimum absolute atomic E-state index is 0.700. The summed E-state index contributed by atoms with van der Waals surface area (Å²) in [4.78, 5) is 18.2. The van der Waals surface area contributed by atoms with Crippen molar-refractivity contribution in [3.05, 3.63) is 24.7 Å². The Morgan fingerprint density at radius 1 is 1.16 bits per heavy atom. The van der Waals surface area contributed by atoms with Crippen LogP contribution in [0.1, 0.15) is 12.8 Å². The van der Waals surface area contributed by atoms with Crippen molar-refractivity contribution in [2.24, 2.45) is 0 Å². The van der Waals surface area contributed by atoms with E-state index in [1.165, 1.54) is 19.4 Å². The van der Waals surface area contributed by atoms with E-state index in [-0.39, 0.29) is 0 Å². The number of fused-ring (bicyclic) bond motifs is 2. The van der Waals surface area contributed by atoms with Gasteiger partial charge in [0.2, 0.25) is 5.95 Å². The van der Waals surface area contributed by atoms with Crippen LogP contribution in [0.2, 0.25) is 0 Å². The van der Waals surface area contributed by atoms with Gasteiger partial charge >= 0.3 is 0 Å². The lowest BCUT2D eigenvalue weighted by Gasteiger charge is -2.37. The molecule has 0 N–H and O–H groups in total. The summed E-state index contributed by atoms with van der Waals surface area (Å²) >= 11 is 0. The van der Waals surface area contributed by atoms with Crippen LogP contribution in [0.3, 0.4) is 0 Å². The summed E-state index contributed by atoms with van der Waals surface area (Å²) in [5, 5.41) is 1.01. The minimum Gasteiger partial charge on any atom is -0.338 e. The first-order valence-electron chi connectivity index (χ1n) is 6.96. The van der Waals surface area contributed by atoms with E-state index in [1.54, 1.807) is 6.20 Å². The lowest BCUT2D eigenvalue weighted by molar-refractivity contribution is 0.229. The second kappa shape index (κ2) is 4.42. The Hall–Kier alpha value is -1.75. The van der Waals surface area contributed by atoms with Gasteiger partial charge in [0.05, 0.1) is 5.52 Å². The van der Waals surface area contributed by atoms with Crippen LogP contribution >= 0.6 is 0 Å². The van der Waals surface area contributed by atoms with E-state index >= 15 is 0 Å². The smallest absolute Gasteiger partial charge is 0.225 e. The highest BCUT2D eigenvalue weighted by molar-refractivity contribution is 5.77. The lowest BCUT2D eigenvalue weighted by Crippen LogP contribution is -2.50. The fourth-order valence-corrected chi connectivity index (χ4v) is 3.19. The highest BCUT2D eigenvalue weighted by Gasteiger charge is 2.31. The molecule has 5 heteroatoms. The first-order valence-corrected chi connectivity index (χ1v) is 6.96. The maximum absolute atomic E-state index is 4.67. The number of rotatable bonds is 1. The Bertz CT molecular complexity index is 599. The number of hydrogen-bond acceptors (Lipinski definition) is 5. The number of nitrogens with zero attached hydrogens (tertiary/aromatic N) is 5. The molecule has 98 valence electrons. The largest absolute Gasteiger partial charge is 0.338 e. The Morgan fingerprint density at radius 2 is 2.16 bits per heavy atom. The second-order valence-corrected chi connectivity index (χ2v) is 5.38. The molecule has 1 atom stereocenters. The summed E-state index contributed by atoms with van der Waals surface area (Å²) in [5.41, 5.74) is 0.980. The molecule has 2 aromatic heterocycles. The summed E-state index contributed by atoms with van der Waals surface area (Å²) in [6, 6.07) is 2.65. The van der Waals surface area contributed by atoms with Gasteiger partial charge in [-0.05, 0) is 25.5 Å². The van der Waals surface area contributed by atoms with Gasteiger partial charge in [-0.1, -0.05) is 0 Å². The van der Waals surface area contributed by atoms with Crippen LogP contribution in [-0.4, -0.2) is 52.1 Å². The molecule has 19 heavy (non-hydrogen) atoms. The third kappa shape index (κ3) is 1.94. The van der Waals surface area contributed by atoms with Crippen LogP contribution in [0.25, 0.3) is 10.9 Å². The molecule has 2 aromatic rings. The predicted molar refractivity (Wildman–Crippen MR) is 74.1 cm³/mol. The van der Waals surface area contributed by atoms with Crippen LogP contribution in [0.15, 0.2) is 24.7 Å². The third-order valence-corrected chi connectivity index (χ3v) is 4.24. The van der Waals surface area contributed by atoms with Crippen LogP contribution in [0, 0.1) is 0 Å². The normalized spacial score (nSPS) is 23.8. The van der Waals surface area contributed by atoms with Gasteiger partial charge in [-0.2, -0.15) is 0 Å². The molecule has 2 aliphatic rings. The van der Waals surface area contributed by atoms with E-state index in [9.17, 15) is 0 Å². The van der Waals surface area contributed by atoms with E-state index in [2.05, 4.69) is 24.8 Å². The fraction of sp³-hybridized carbons (Fsp3) is 0.500. The summed E-state index contributed by atoms with van der Waals surface area (Å²) in [6.45, 7) is 4.51. The molecule has 4 heterocycles. The van der Waals surface area contributed by atoms with Crippen molar-refractivity contribution < 1.29 is 0 Å². The molecule has 5 nitrogen and oxygen atoms in total. The van der Waals surface area contributed by atoms with Crippen molar-refractivity contribution in [2.45, 2.75) is 18.9 Å². The third-order valence-electron chi connectivity index (χ3n) is 4.24. The first-order chi connectivity index (χ1) is 9.40. The van der Waals surface area contributed by atoms with E-state index in [0.29, 0.717) is 6.04 Å². The number of pyridine rings is 1. The highest BCUT2D eigenvalue weighted by atomic mass is 15.3. The number of aromatic nitrogens is 3. The lowest BCUT2D eigenvalue weighted by atomic mass is 10.1. The quantitative estimate of drug-likeness (QED) is 0.769. The Labute approximate surface area is 112 Å². The number of hydrogen-bond donors (Lipinski definition) is 0. The molecule has 2 fully saturated rings. The Kier molecular flexibility index (Phi) is 2.58. The van der Waals surface area contributed by atoms with E-state index < -0.39 is 0 Å². The molecule has 2 saturated heterocycles. The summed E-state index contributed by atoms with van der Waals surface area (Å²) in [7, 11) is 0. The van der Waals surface area contributed by atoms with Gasteiger partial charge in [-0.25, -0.2) is 9.97 Å². The van der Waals surface area contributed by atoms with Crippen molar-refractivity contribution in [3.63, 3.8) is 0 Å². The zero-order valence-corrected chi connectivity index (χ0v) is 10.9. The molecule has 2 aliphatic heterocycles. The zero-order valence-electron chi connectivity index (χ0n) is 10.9. The van der Waals surface area contributed by atoms with Gasteiger partial charge in [0.25, 0.3) is 0 Å². The standard InChI is InChI=1S/C14H17N5/c1-2-12-10-19(7-6-18(12)5-1)14-16-9-11-8-15-4-3-13(11)17-14/h3-4,8-9,12H,1-2,5-7,10H2. The molecule has 0 aliphatic carbocycles. The summed E-state index contributed by atoms with van der Waals surface area (Å²) in [5.74, 6) is 0.866. The molecular weight excluding hydrogens is 238 g/mol. The van der Waals surface area contributed by atoms with Crippen LogP contribution < -0.4 is 4.90 Å². The fourth-order valence-electron chi connectivity index (χ4n) is 3.19. The zero-order chi connectivity index (χ0) is 12.7. The molecule has 1 unspecified atom stereocenters. The van der Waals surface area contributed by atoms with Gasteiger partial charge in [-0.15, -0.1) is 0 Å². The van der Waals surface area contributed by atoms with Crippen LogP contribution in [0.5, 0.6) is 0 Å². The average molecular weight is 255 g/mol. The van der Waals surface area contributed by atoms with E-state index in [1.807, 2.05) is 18.5 Å². The van der Waals surface area contributed by atoms with Gasteiger partial charge in [-0.3, -0.25) is 9.88 Å².